The molecule has 18 heavy (non-hydrogen) atoms. The maximum Gasteiger partial charge on any atom is 0.328 e. The number of nitrogens with zero attached hydrogens (tertiary/aromatic N) is 1. The zero-order chi connectivity index (χ0) is 13.5. The number of pyridine rings is 1. The van der Waals surface area contributed by atoms with E-state index in [0.29, 0.717) is 11.5 Å². The molecule has 1 heterocycles. The minimum Gasteiger partial charge on any atom is -0.478 e. The molecule has 0 bridgehead atoms. The molecule has 5 heteroatoms. The molecule has 0 aliphatic rings. The Kier molecular flexibility index (Phi) is 5.05. The highest BCUT2D eigenvalue weighted by Gasteiger charge is 2.10. The summed E-state index contributed by atoms with van der Waals surface area (Å²) in [6.07, 6.45) is 3.13. The van der Waals surface area contributed by atoms with Gasteiger partial charge in [0.2, 0.25) is 5.91 Å². The predicted molar refractivity (Wildman–Crippen MR) is 69.0 cm³/mol. The van der Waals surface area contributed by atoms with Gasteiger partial charge in [-0.05, 0) is 24.6 Å². The number of aliphatic carboxylic acids is 1. The predicted octanol–water partition coefficient (Wildman–Crippen LogP) is 2.16. The molecule has 0 radical (unpaired) electrons. The molecule has 1 aromatic rings. The van der Waals surface area contributed by atoms with Crippen LogP contribution in [-0.2, 0) is 9.59 Å². The van der Waals surface area contributed by atoms with E-state index in [4.69, 9.17) is 5.11 Å². The Morgan fingerprint density at radius 1 is 1.50 bits per heavy atom. The summed E-state index contributed by atoms with van der Waals surface area (Å²) < 4.78 is 0. The van der Waals surface area contributed by atoms with Crippen molar-refractivity contribution in [2.24, 2.45) is 5.92 Å². The van der Waals surface area contributed by atoms with Gasteiger partial charge in [0, 0.05) is 12.0 Å². The smallest absolute Gasteiger partial charge is 0.328 e. The van der Waals surface area contributed by atoms with Gasteiger partial charge in [0.25, 0.3) is 0 Å². The zero-order valence-corrected chi connectivity index (χ0v) is 10.4. The third-order valence-corrected chi connectivity index (χ3v) is 2.48. The van der Waals surface area contributed by atoms with Crippen molar-refractivity contribution in [1.82, 2.24) is 4.98 Å². The highest BCUT2D eigenvalue weighted by Crippen LogP contribution is 2.09. The molecule has 1 aromatic heterocycles. The molecule has 0 saturated heterocycles. The third-order valence-electron chi connectivity index (χ3n) is 2.48. The number of aromatic nitrogens is 1. The van der Waals surface area contributed by atoms with E-state index in [2.05, 4.69) is 10.3 Å². The number of carboxylic acid groups (broad SMARTS) is 1. The Bertz CT molecular complexity index is 469. The first-order chi connectivity index (χ1) is 8.52. The number of hydrogen-bond acceptors (Lipinski definition) is 3. The molecule has 1 unspecified atom stereocenters. The number of hydrogen-bond donors (Lipinski definition) is 2. The summed E-state index contributed by atoms with van der Waals surface area (Å²) in [7, 11) is 0. The van der Waals surface area contributed by atoms with Crippen LogP contribution < -0.4 is 5.32 Å². The first-order valence-electron chi connectivity index (χ1n) is 5.72. The molecule has 5 nitrogen and oxygen atoms in total. The maximum atomic E-state index is 11.7. The van der Waals surface area contributed by atoms with Gasteiger partial charge in [0.1, 0.15) is 5.82 Å². The average molecular weight is 248 g/mol. The second kappa shape index (κ2) is 6.54. The van der Waals surface area contributed by atoms with E-state index in [1.807, 2.05) is 13.8 Å². The minimum absolute atomic E-state index is 0.0787. The SMILES string of the molecule is CCC(C)C(=O)Nc1cccc(/C=C/C(=O)O)n1. The Labute approximate surface area is 106 Å². The Morgan fingerprint density at radius 3 is 2.83 bits per heavy atom. The molecule has 2 N–H and O–H groups in total. The summed E-state index contributed by atoms with van der Waals surface area (Å²) >= 11 is 0. The molecule has 1 rings (SSSR count). The first-order valence-corrected chi connectivity index (χ1v) is 5.72. The number of carbonyl (C=O) groups is 2. The molecule has 0 saturated carbocycles. The number of carboxylic acids is 1. The molecule has 96 valence electrons. The largest absolute Gasteiger partial charge is 0.478 e. The molecular weight excluding hydrogens is 232 g/mol. The van der Waals surface area contributed by atoms with E-state index in [9.17, 15) is 9.59 Å². The number of rotatable bonds is 5. The van der Waals surface area contributed by atoms with Crippen molar-refractivity contribution in [3.63, 3.8) is 0 Å². The monoisotopic (exact) mass is 248 g/mol. The van der Waals surface area contributed by atoms with Crippen molar-refractivity contribution in [3.05, 3.63) is 30.0 Å². The van der Waals surface area contributed by atoms with E-state index < -0.39 is 5.97 Å². The third kappa shape index (κ3) is 4.37. The van der Waals surface area contributed by atoms with Crippen LogP contribution >= 0.6 is 0 Å². The minimum atomic E-state index is -1.04. The molecule has 0 aliphatic heterocycles. The fourth-order valence-corrected chi connectivity index (χ4v) is 1.21. The summed E-state index contributed by atoms with van der Waals surface area (Å²) in [4.78, 5) is 26.2. The van der Waals surface area contributed by atoms with Gasteiger partial charge in [-0.15, -0.1) is 0 Å². The van der Waals surface area contributed by atoms with Crippen LogP contribution in [0.2, 0.25) is 0 Å². The fourth-order valence-electron chi connectivity index (χ4n) is 1.21. The molecule has 0 aromatic carbocycles. The van der Waals surface area contributed by atoms with Crippen LogP contribution in [0, 0.1) is 5.92 Å². The van der Waals surface area contributed by atoms with E-state index in [0.717, 1.165) is 12.5 Å². The van der Waals surface area contributed by atoms with Gasteiger partial charge < -0.3 is 10.4 Å². The van der Waals surface area contributed by atoms with Gasteiger partial charge in [0.15, 0.2) is 0 Å². The Balaban J connectivity index is 2.76. The van der Waals surface area contributed by atoms with Crippen molar-refractivity contribution in [1.29, 1.82) is 0 Å². The lowest BCUT2D eigenvalue weighted by Crippen LogP contribution is -2.20. The second-order valence-corrected chi connectivity index (χ2v) is 3.92. The van der Waals surface area contributed by atoms with Crippen LogP contribution in [0.25, 0.3) is 6.08 Å². The van der Waals surface area contributed by atoms with Gasteiger partial charge in [-0.2, -0.15) is 0 Å². The summed E-state index contributed by atoms with van der Waals surface area (Å²) in [5.41, 5.74) is 0.486. The highest BCUT2D eigenvalue weighted by molar-refractivity contribution is 5.91. The van der Waals surface area contributed by atoms with Crippen molar-refractivity contribution in [3.8, 4) is 0 Å². The number of anilines is 1. The van der Waals surface area contributed by atoms with Gasteiger partial charge in [0.05, 0.1) is 5.69 Å². The molecule has 0 aliphatic carbocycles. The average Bonchev–Trinajstić information content (AvgIpc) is 2.35. The van der Waals surface area contributed by atoms with E-state index in [1.165, 1.54) is 6.08 Å². The second-order valence-electron chi connectivity index (χ2n) is 3.92. The van der Waals surface area contributed by atoms with Gasteiger partial charge >= 0.3 is 5.97 Å². The molecule has 1 amide bonds. The van der Waals surface area contributed by atoms with Crippen molar-refractivity contribution < 1.29 is 14.7 Å². The van der Waals surface area contributed by atoms with E-state index >= 15 is 0 Å². The van der Waals surface area contributed by atoms with E-state index in [-0.39, 0.29) is 11.8 Å². The number of nitrogens with one attached hydrogen (secondary N) is 1. The zero-order valence-electron chi connectivity index (χ0n) is 10.4. The van der Waals surface area contributed by atoms with Gasteiger partial charge in [-0.1, -0.05) is 19.9 Å². The molecule has 0 spiro atoms. The van der Waals surface area contributed by atoms with Crippen LogP contribution in [0.4, 0.5) is 5.82 Å². The van der Waals surface area contributed by atoms with Crippen LogP contribution in [0.5, 0.6) is 0 Å². The van der Waals surface area contributed by atoms with Gasteiger partial charge in [-0.3, -0.25) is 4.79 Å². The Morgan fingerprint density at radius 2 is 2.22 bits per heavy atom. The summed E-state index contributed by atoms with van der Waals surface area (Å²) in [5.74, 6) is -0.784. The first kappa shape index (κ1) is 13.9. The van der Waals surface area contributed by atoms with Crippen LogP contribution in [0.3, 0.4) is 0 Å². The molecular formula is C13H16N2O3. The van der Waals surface area contributed by atoms with Gasteiger partial charge in [-0.25, -0.2) is 9.78 Å². The standard InChI is InChI=1S/C13H16N2O3/c1-3-9(2)13(18)15-11-6-4-5-10(14-11)7-8-12(16)17/h4-9H,3H2,1-2H3,(H,16,17)(H,14,15,18)/b8-7+. The lowest BCUT2D eigenvalue weighted by Gasteiger charge is -2.09. The van der Waals surface area contributed by atoms with Crippen molar-refractivity contribution >= 4 is 23.8 Å². The topological polar surface area (TPSA) is 79.3 Å². The number of amides is 1. The summed E-state index contributed by atoms with van der Waals surface area (Å²) in [6, 6.07) is 5.04. The quantitative estimate of drug-likeness (QED) is 0.782. The Hall–Kier alpha value is -2.17. The highest BCUT2D eigenvalue weighted by atomic mass is 16.4. The lowest BCUT2D eigenvalue weighted by atomic mass is 10.1. The lowest BCUT2D eigenvalue weighted by molar-refractivity contribution is -0.131. The summed E-state index contributed by atoms with van der Waals surface area (Å²) in [5, 5.41) is 11.2. The molecule has 1 atom stereocenters. The number of carbonyl (C=O) groups excluding carboxylic acids is 1. The van der Waals surface area contributed by atoms with Crippen LogP contribution in [0.1, 0.15) is 26.0 Å². The maximum absolute atomic E-state index is 11.7. The van der Waals surface area contributed by atoms with Crippen molar-refractivity contribution in [2.75, 3.05) is 5.32 Å². The van der Waals surface area contributed by atoms with E-state index in [1.54, 1.807) is 18.2 Å². The summed E-state index contributed by atoms with van der Waals surface area (Å²) in [6.45, 7) is 3.77. The van der Waals surface area contributed by atoms with Crippen LogP contribution in [0.15, 0.2) is 24.3 Å². The van der Waals surface area contributed by atoms with Crippen LogP contribution in [-0.4, -0.2) is 22.0 Å². The van der Waals surface area contributed by atoms with Crippen molar-refractivity contribution in [2.45, 2.75) is 20.3 Å². The fraction of sp³-hybridized carbons (Fsp3) is 0.308. The molecule has 0 fully saturated rings. The normalized spacial score (nSPS) is 12.3.